The number of aromatic nitrogens is 2. The average molecular weight is 269 g/mol. The van der Waals surface area contributed by atoms with Gasteiger partial charge >= 0.3 is 0 Å². The van der Waals surface area contributed by atoms with Crippen LogP contribution in [-0.2, 0) is 6.42 Å². The molecule has 1 aromatic carbocycles. The van der Waals surface area contributed by atoms with Crippen LogP contribution in [0.25, 0.3) is 0 Å². The zero-order valence-corrected chi connectivity index (χ0v) is 10.7. The molecule has 3 nitrogen and oxygen atoms in total. The van der Waals surface area contributed by atoms with Crippen LogP contribution in [0.1, 0.15) is 12.5 Å². The van der Waals surface area contributed by atoms with E-state index >= 15 is 0 Å². The van der Waals surface area contributed by atoms with Crippen molar-refractivity contribution in [2.24, 2.45) is 0 Å². The molecule has 0 atom stereocenters. The molecule has 0 amide bonds. The van der Waals surface area contributed by atoms with Gasteiger partial charge in [-0.1, -0.05) is 42.3 Å². The first-order valence-corrected chi connectivity index (χ1v) is 5.90. The van der Waals surface area contributed by atoms with Crippen molar-refractivity contribution in [3.63, 3.8) is 0 Å². The Morgan fingerprint density at radius 1 is 1.18 bits per heavy atom. The molecule has 2 aromatic rings. The van der Waals surface area contributed by atoms with Gasteiger partial charge in [-0.2, -0.15) is 0 Å². The van der Waals surface area contributed by atoms with Gasteiger partial charge in [-0.15, -0.1) is 10.2 Å². The molecule has 0 unspecified atom stereocenters. The van der Waals surface area contributed by atoms with Crippen LogP contribution in [0.4, 0.5) is 0 Å². The molecule has 0 saturated carbocycles. The van der Waals surface area contributed by atoms with E-state index in [0.29, 0.717) is 11.5 Å². The zero-order valence-electron chi connectivity index (χ0n) is 9.15. The van der Waals surface area contributed by atoms with Gasteiger partial charge in [0.2, 0.25) is 0 Å². The van der Waals surface area contributed by atoms with Crippen LogP contribution in [0.3, 0.4) is 0 Å². The zero-order chi connectivity index (χ0) is 12.3. The third kappa shape index (κ3) is 3.08. The summed E-state index contributed by atoms with van der Waals surface area (Å²) in [6, 6.07) is 9.30. The highest BCUT2D eigenvalue weighted by molar-refractivity contribution is 6.32. The number of benzene rings is 1. The standard InChI is InChI=1S/C12H10Cl2N2O/c1-2-8-4-3-5-9(6-8)17-10-7-11(13)15-16-12(10)14/h3-7H,2H2,1H3. The number of hydrogen-bond acceptors (Lipinski definition) is 3. The van der Waals surface area contributed by atoms with Gasteiger partial charge in [0.15, 0.2) is 16.1 Å². The lowest BCUT2D eigenvalue weighted by atomic mass is 10.2. The molecule has 5 heteroatoms. The first-order chi connectivity index (χ1) is 8.19. The van der Waals surface area contributed by atoms with Crippen LogP contribution in [-0.4, -0.2) is 10.2 Å². The Bertz CT molecular complexity index is 532. The summed E-state index contributed by atoms with van der Waals surface area (Å²) in [7, 11) is 0. The quantitative estimate of drug-likeness (QED) is 0.839. The summed E-state index contributed by atoms with van der Waals surface area (Å²) in [5.74, 6) is 1.11. The summed E-state index contributed by atoms with van der Waals surface area (Å²) in [5, 5.41) is 7.73. The van der Waals surface area contributed by atoms with E-state index in [2.05, 4.69) is 17.1 Å². The first-order valence-electron chi connectivity index (χ1n) is 5.14. The van der Waals surface area contributed by atoms with Crippen molar-refractivity contribution in [1.29, 1.82) is 0 Å². The van der Waals surface area contributed by atoms with Crippen molar-refractivity contribution >= 4 is 23.2 Å². The Balaban J connectivity index is 2.27. The average Bonchev–Trinajstić information content (AvgIpc) is 2.34. The van der Waals surface area contributed by atoms with Crippen LogP contribution >= 0.6 is 23.2 Å². The Hall–Kier alpha value is -1.32. The van der Waals surface area contributed by atoms with Gasteiger partial charge in [-0.3, -0.25) is 0 Å². The molecular weight excluding hydrogens is 259 g/mol. The minimum atomic E-state index is 0.191. The minimum absolute atomic E-state index is 0.191. The molecule has 1 aromatic heterocycles. The van der Waals surface area contributed by atoms with E-state index in [-0.39, 0.29) is 10.3 Å². The number of hydrogen-bond donors (Lipinski definition) is 0. The molecule has 0 spiro atoms. The van der Waals surface area contributed by atoms with Crippen LogP contribution in [0.2, 0.25) is 10.3 Å². The largest absolute Gasteiger partial charge is 0.454 e. The van der Waals surface area contributed by atoms with Gasteiger partial charge in [-0.05, 0) is 24.1 Å². The minimum Gasteiger partial charge on any atom is -0.454 e. The molecule has 1 heterocycles. The molecule has 88 valence electrons. The fourth-order valence-corrected chi connectivity index (χ4v) is 1.63. The van der Waals surface area contributed by atoms with Crippen LogP contribution in [0.15, 0.2) is 30.3 Å². The van der Waals surface area contributed by atoms with Gasteiger partial charge in [0.05, 0.1) is 0 Å². The third-order valence-corrected chi connectivity index (χ3v) is 2.67. The van der Waals surface area contributed by atoms with Gasteiger partial charge in [0, 0.05) is 6.07 Å². The van der Waals surface area contributed by atoms with E-state index in [9.17, 15) is 0 Å². The van der Waals surface area contributed by atoms with E-state index < -0.39 is 0 Å². The third-order valence-electron chi connectivity index (χ3n) is 2.22. The van der Waals surface area contributed by atoms with Crippen LogP contribution < -0.4 is 4.74 Å². The fraction of sp³-hybridized carbons (Fsp3) is 0.167. The van der Waals surface area contributed by atoms with Gasteiger partial charge in [0.25, 0.3) is 0 Å². The number of halogens is 2. The summed E-state index contributed by atoms with van der Waals surface area (Å²) < 4.78 is 5.61. The smallest absolute Gasteiger partial charge is 0.194 e. The van der Waals surface area contributed by atoms with Crippen LogP contribution in [0, 0.1) is 0 Å². The lowest BCUT2D eigenvalue weighted by Crippen LogP contribution is -1.91. The first kappa shape index (κ1) is 12.1. The van der Waals surface area contributed by atoms with E-state index in [0.717, 1.165) is 6.42 Å². The Morgan fingerprint density at radius 3 is 2.76 bits per heavy atom. The highest BCUT2D eigenvalue weighted by Crippen LogP contribution is 2.29. The van der Waals surface area contributed by atoms with Gasteiger partial charge in [0.1, 0.15) is 5.75 Å². The SMILES string of the molecule is CCc1cccc(Oc2cc(Cl)nnc2Cl)c1. The lowest BCUT2D eigenvalue weighted by Gasteiger charge is -2.07. The summed E-state index contributed by atoms with van der Waals surface area (Å²) in [6.07, 6.45) is 0.945. The monoisotopic (exact) mass is 268 g/mol. The predicted octanol–water partition coefficient (Wildman–Crippen LogP) is 4.14. The Labute approximate surface area is 109 Å². The molecule has 0 aliphatic heterocycles. The molecule has 0 aliphatic rings. The highest BCUT2D eigenvalue weighted by atomic mass is 35.5. The predicted molar refractivity (Wildman–Crippen MR) is 67.9 cm³/mol. The van der Waals surface area contributed by atoms with E-state index in [1.54, 1.807) is 0 Å². The molecule has 0 aliphatic carbocycles. The van der Waals surface area contributed by atoms with Crippen molar-refractivity contribution in [3.05, 3.63) is 46.2 Å². The van der Waals surface area contributed by atoms with Crippen molar-refractivity contribution in [1.82, 2.24) is 10.2 Å². The maximum Gasteiger partial charge on any atom is 0.194 e. The second-order valence-electron chi connectivity index (χ2n) is 3.43. The van der Waals surface area contributed by atoms with E-state index in [1.165, 1.54) is 11.6 Å². The summed E-state index contributed by atoms with van der Waals surface area (Å²) in [4.78, 5) is 0. The Kier molecular flexibility index (Phi) is 3.82. The normalized spacial score (nSPS) is 10.3. The maximum absolute atomic E-state index is 5.86. The van der Waals surface area contributed by atoms with Crippen molar-refractivity contribution in [2.45, 2.75) is 13.3 Å². The van der Waals surface area contributed by atoms with Gasteiger partial charge in [-0.25, -0.2) is 0 Å². The molecule has 0 saturated heterocycles. The maximum atomic E-state index is 5.86. The number of aryl methyl sites for hydroxylation is 1. The number of ether oxygens (including phenoxy) is 1. The highest BCUT2D eigenvalue weighted by Gasteiger charge is 2.06. The topological polar surface area (TPSA) is 35.0 Å². The lowest BCUT2D eigenvalue weighted by molar-refractivity contribution is 0.478. The van der Waals surface area contributed by atoms with Gasteiger partial charge < -0.3 is 4.74 Å². The molecule has 17 heavy (non-hydrogen) atoms. The van der Waals surface area contributed by atoms with Crippen LogP contribution in [0.5, 0.6) is 11.5 Å². The molecule has 0 fully saturated rings. The summed E-state index contributed by atoms with van der Waals surface area (Å²) in [6.45, 7) is 2.08. The van der Waals surface area contributed by atoms with Crippen molar-refractivity contribution < 1.29 is 4.74 Å². The molecule has 2 rings (SSSR count). The molecule has 0 radical (unpaired) electrons. The molecular formula is C12H10Cl2N2O. The van der Waals surface area contributed by atoms with E-state index in [1.807, 2.05) is 24.3 Å². The Morgan fingerprint density at radius 2 is 2.00 bits per heavy atom. The molecule has 0 bridgehead atoms. The number of rotatable bonds is 3. The number of nitrogens with zero attached hydrogens (tertiary/aromatic N) is 2. The van der Waals surface area contributed by atoms with E-state index in [4.69, 9.17) is 27.9 Å². The fourth-order valence-electron chi connectivity index (χ4n) is 1.36. The molecule has 0 N–H and O–H groups in total. The summed E-state index contributed by atoms with van der Waals surface area (Å²) >= 11 is 11.6. The second-order valence-corrected chi connectivity index (χ2v) is 4.17. The second kappa shape index (κ2) is 5.34. The van der Waals surface area contributed by atoms with Crippen molar-refractivity contribution in [2.75, 3.05) is 0 Å². The summed E-state index contributed by atoms with van der Waals surface area (Å²) in [5.41, 5.74) is 1.19. The van der Waals surface area contributed by atoms with Crippen molar-refractivity contribution in [3.8, 4) is 11.5 Å².